The molecule has 6 nitrogen and oxygen atoms in total. The minimum atomic E-state index is -0.237. The summed E-state index contributed by atoms with van der Waals surface area (Å²) in [7, 11) is 1.54. The SMILES string of the molecule is COc1ccc(Br)c(C(=O)NCCn2cncc(C)c2=O)c1. The first-order chi connectivity index (χ1) is 10.5. The molecule has 1 heterocycles. The van der Waals surface area contributed by atoms with Gasteiger partial charge in [-0.2, -0.15) is 0 Å². The Labute approximate surface area is 136 Å². The molecule has 0 atom stereocenters. The third kappa shape index (κ3) is 3.73. The Morgan fingerprint density at radius 1 is 1.45 bits per heavy atom. The van der Waals surface area contributed by atoms with Crippen LogP contribution in [0.5, 0.6) is 5.75 Å². The van der Waals surface area contributed by atoms with Crippen LogP contribution < -0.4 is 15.6 Å². The monoisotopic (exact) mass is 365 g/mol. The van der Waals surface area contributed by atoms with Crippen LogP contribution in [0.2, 0.25) is 0 Å². The summed E-state index contributed by atoms with van der Waals surface area (Å²) in [5.41, 5.74) is 0.949. The standard InChI is InChI=1S/C15H16BrN3O3/c1-10-8-17-9-19(15(10)21)6-5-18-14(20)12-7-11(22-2)3-4-13(12)16/h3-4,7-9H,5-6H2,1-2H3,(H,18,20). The van der Waals surface area contributed by atoms with Gasteiger partial charge in [0.2, 0.25) is 0 Å². The van der Waals surface area contributed by atoms with Crippen LogP contribution >= 0.6 is 15.9 Å². The summed E-state index contributed by atoms with van der Waals surface area (Å²) in [5, 5.41) is 2.77. The molecule has 116 valence electrons. The fraction of sp³-hybridized carbons (Fsp3) is 0.267. The van der Waals surface area contributed by atoms with Crippen molar-refractivity contribution in [3.8, 4) is 5.75 Å². The Bertz CT molecular complexity index is 743. The maximum absolute atomic E-state index is 12.2. The van der Waals surface area contributed by atoms with Crippen LogP contribution in [0.4, 0.5) is 0 Å². The van der Waals surface area contributed by atoms with Gasteiger partial charge in [-0.15, -0.1) is 0 Å². The number of nitrogens with one attached hydrogen (secondary N) is 1. The molecule has 22 heavy (non-hydrogen) atoms. The smallest absolute Gasteiger partial charge is 0.256 e. The number of aryl methyl sites for hydroxylation is 1. The number of ether oxygens (including phenoxy) is 1. The van der Waals surface area contributed by atoms with Crippen LogP contribution in [0.1, 0.15) is 15.9 Å². The van der Waals surface area contributed by atoms with Crippen molar-refractivity contribution in [2.75, 3.05) is 13.7 Å². The molecule has 2 rings (SSSR count). The summed E-state index contributed by atoms with van der Waals surface area (Å²) in [6.45, 7) is 2.39. The van der Waals surface area contributed by atoms with Gasteiger partial charge >= 0.3 is 0 Å². The molecule has 0 radical (unpaired) electrons. The van der Waals surface area contributed by atoms with E-state index in [-0.39, 0.29) is 11.5 Å². The van der Waals surface area contributed by atoms with Crippen molar-refractivity contribution in [1.29, 1.82) is 0 Å². The van der Waals surface area contributed by atoms with Gasteiger partial charge in [0.05, 0.1) is 19.0 Å². The van der Waals surface area contributed by atoms with Gasteiger partial charge in [0.15, 0.2) is 0 Å². The van der Waals surface area contributed by atoms with Crippen molar-refractivity contribution < 1.29 is 9.53 Å². The van der Waals surface area contributed by atoms with Crippen molar-refractivity contribution in [1.82, 2.24) is 14.9 Å². The van der Waals surface area contributed by atoms with E-state index in [0.717, 1.165) is 0 Å². The average Bonchev–Trinajstić information content (AvgIpc) is 2.52. The number of rotatable bonds is 5. The maximum Gasteiger partial charge on any atom is 0.256 e. The zero-order valence-electron chi connectivity index (χ0n) is 12.3. The van der Waals surface area contributed by atoms with Gasteiger partial charge in [0.1, 0.15) is 5.75 Å². The van der Waals surface area contributed by atoms with Gasteiger partial charge in [-0.05, 0) is 41.1 Å². The lowest BCUT2D eigenvalue weighted by Gasteiger charge is -2.10. The predicted octanol–water partition coefficient (Wildman–Crippen LogP) is 1.75. The molecule has 0 spiro atoms. The predicted molar refractivity (Wildman–Crippen MR) is 86.3 cm³/mol. The molecule has 1 amide bonds. The van der Waals surface area contributed by atoms with Gasteiger partial charge in [0.25, 0.3) is 11.5 Å². The molecule has 1 aromatic heterocycles. The minimum absolute atomic E-state index is 0.105. The van der Waals surface area contributed by atoms with Crippen molar-refractivity contribution in [3.63, 3.8) is 0 Å². The van der Waals surface area contributed by atoms with E-state index in [4.69, 9.17) is 4.74 Å². The maximum atomic E-state index is 12.2. The normalized spacial score (nSPS) is 10.3. The summed E-state index contributed by atoms with van der Waals surface area (Å²) in [4.78, 5) is 28.0. The summed E-state index contributed by atoms with van der Waals surface area (Å²) >= 11 is 3.34. The number of aromatic nitrogens is 2. The van der Waals surface area contributed by atoms with E-state index in [1.807, 2.05) is 0 Å². The number of methoxy groups -OCH3 is 1. The number of benzene rings is 1. The molecule has 1 N–H and O–H groups in total. The lowest BCUT2D eigenvalue weighted by atomic mass is 10.2. The molecule has 0 saturated heterocycles. The van der Waals surface area contributed by atoms with E-state index in [1.165, 1.54) is 17.1 Å². The van der Waals surface area contributed by atoms with E-state index in [0.29, 0.717) is 34.4 Å². The van der Waals surface area contributed by atoms with Crippen LogP contribution in [0.15, 0.2) is 40.0 Å². The van der Waals surface area contributed by atoms with Gasteiger partial charge < -0.3 is 10.1 Å². The quantitative estimate of drug-likeness (QED) is 0.875. The van der Waals surface area contributed by atoms with E-state index in [2.05, 4.69) is 26.2 Å². The first-order valence-corrected chi connectivity index (χ1v) is 7.45. The number of hydrogen-bond acceptors (Lipinski definition) is 4. The largest absolute Gasteiger partial charge is 0.497 e. The molecule has 0 fully saturated rings. The highest BCUT2D eigenvalue weighted by molar-refractivity contribution is 9.10. The first kappa shape index (κ1) is 16.2. The van der Waals surface area contributed by atoms with Crippen molar-refractivity contribution in [2.24, 2.45) is 0 Å². The molecular weight excluding hydrogens is 350 g/mol. The van der Waals surface area contributed by atoms with Crippen LogP contribution in [0.3, 0.4) is 0 Å². The van der Waals surface area contributed by atoms with Crippen LogP contribution in [-0.4, -0.2) is 29.1 Å². The highest BCUT2D eigenvalue weighted by Gasteiger charge is 2.11. The van der Waals surface area contributed by atoms with Gasteiger partial charge in [0, 0.05) is 29.3 Å². The third-order valence-corrected chi connectivity index (χ3v) is 3.82. The molecule has 0 unspecified atom stereocenters. The Hall–Kier alpha value is -2.15. The number of amides is 1. The number of carbonyl (C=O) groups excluding carboxylic acids is 1. The van der Waals surface area contributed by atoms with Crippen LogP contribution in [0.25, 0.3) is 0 Å². The molecular formula is C15H16BrN3O3. The van der Waals surface area contributed by atoms with Crippen LogP contribution in [-0.2, 0) is 6.54 Å². The number of nitrogens with zero attached hydrogens (tertiary/aromatic N) is 2. The Kier molecular flexibility index (Phi) is 5.32. The molecule has 0 aliphatic rings. The zero-order valence-corrected chi connectivity index (χ0v) is 13.9. The highest BCUT2D eigenvalue weighted by atomic mass is 79.9. The van der Waals surface area contributed by atoms with Gasteiger partial charge in [-0.25, -0.2) is 4.98 Å². The van der Waals surface area contributed by atoms with Gasteiger partial charge in [-0.1, -0.05) is 0 Å². The zero-order chi connectivity index (χ0) is 16.1. The summed E-state index contributed by atoms with van der Waals surface area (Å²) < 4.78 is 7.26. The fourth-order valence-electron chi connectivity index (χ4n) is 1.91. The first-order valence-electron chi connectivity index (χ1n) is 6.65. The topological polar surface area (TPSA) is 73.2 Å². The highest BCUT2D eigenvalue weighted by Crippen LogP contribution is 2.22. The molecule has 0 bridgehead atoms. The number of halogens is 1. The Balaban J connectivity index is 2.01. The average molecular weight is 366 g/mol. The van der Waals surface area contributed by atoms with Crippen LogP contribution in [0, 0.1) is 6.92 Å². The Morgan fingerprint density at radius 2 is 2.23 bits per heavy atom. The third-order valence-electron chi connectivity index (χ3n) is 3.13. The Morgan fingerprint density at radius 3 is 2.95 bits per heavy atom. The minimum Gasteiger partial charge on any atom is -0.497 e. The second-order valence-corrected chi connectivity index (χ2v) is 5.53. The summed E-state index contributed by atoms with van der Waals surface area (Å²) in [6.07, 6.45) is 2.98. The van der Waals surface area contributed by atoms with Crippen molar-refractivity contribution in [3.05, 3.63) is 56.7 Å². The van der Waals surface area contributed by atoms with E-state index in [1.54, 1.807) is 32.2 Å². The van der Waals surface area contributed by atoms with Crippen molar-refractivity contribution in [2.45, 2.75) is 13.5 Å². The second kappa shape index (κ2) is 7.22. The van der Waals surface area contributed by atoms with E-state index < -0.39 is 0 Å². The molecule has 1 aromatic carbocycles. The second-order valence-electron chi connectivity index (χ2n) is 4.68. The van der Waals surface area contributed by atoms with Crippen molar-refractivity contribution >= 4 is 21.8 Å². The molecule has 0 saturated carbocycles. The lowest BCUT2D eigenvalue weighted by Crippen LogP contribution is -2.31. The fourth-order valence-corrected chi connectivity index (χ4v) is 2.34. The molecule has 7 heteroatoms. The lowest BCUT2D eigenvalue weighted by molar-refractivity contribution is 0.0951. The van der Waals surface area contributed by atoms with E-state index >= 15 is 0 Å². The molecule has 2 aromatic rings. The molecule has 0 aliphatic heterocycles. The number of hydrogen-bond donors (Lipinski definition) is 1. The number of carbonyl (C=O) groups is 1. The summed E-state index contributed by atoms with van der Waals surface area (Å²) in [6, 6.07) is 5.17. The molecule has 0 aliphatic carbocycles. The van der Waals surface area contributed by atoms with Gasteiger partial charge in [-0.3, -0.25) is 14.2 Å². The van der Waals surface area contributed by atoms with E-state index in [9.17, 15) is 9.59 Å². The summed E-state index contributed by atoms with van der Waals surface area (Å²) in [5.74, 6) is 0.367.